The first kappa shape index (κ1) is 14.4. The fourth-order valence-corrected chi connectivity index (χ4v) is 3.92. The standard InChI is InChI=1S/C13H17BrCl2N2/c1-2-17-10-4-3-5-18(8-10)13-11(15)6-9(14)7-12(13)16/h6-7,10,17H,2-5,8H2,1H3. The van der Waals surface area contributed by atoms with E-state index in [-0.39, 0.29) is 0 Å². The topological polar surface area (TPSA) is 15.3 Å². The molecular weight excluding hydrogens is 335 g/mol. The zero-order valence-corrected chi connectivity index (χ0v) is 13.4. The van der Waals surface area contributed by atoms with Crippen LogP contribution in [-0.2, 0) is 0 Å². The highest BCUT2D eigenvalue weighted by molar-refractivity contribution is 9.10. The van der Waals surface area contributed by atoms with E-state index >= 15 is 0 Å². The van der Waals surface area contributed by atoms with Crippen LogP contribution in [-0.4, -0.2) is 25.7 Å². The van der Waals surface area contributed by atoms with Crippen molar-refractivity contribution in [2.75, 3.05) is 24.5 Å². The van der Waals surface area contributed by atoms with Crippen molar-refractivity contribution in [2.45, 2.75) is 25.8 Å². The molecule has 1 unspecified atom stereocenters. The number of hydrogen-bond donors (Lipinski definition) is 1. The predicted molar refractivity (Wildman–Crippen MR) is 83.1 cm³/mol. The summed E-state index contributed by atoms with van der Waals surface area (Å²) in [6, 6.07) is 4.33. The Morgan fingerprint density at radius 1 is 1.39 bits per heavy atom. The Morgan fingerprint density at radius 3 is 2.67 bits per heavy atom. The van der Waals surface area contributed by atoms with Gasteiger partial charge in [0.25, 0.3) is 0 Å². The molecule has 5 heteroatoms. The number of piperidine rings is 1. The summed E-state index contributed by atoms with van der Waals surface area (Å²) >= 11 is 16.0. The molecule has 1 saturated heterocycles. The van der Waals surface area contributed by atoms with Crippen LogP contribution >= 0.6 is 39.1 Å². The minimum Gasteiger partial charge on any atom is -0.368 e. The molecule has 1 aliphatic heterocycles. The number of hydrogen-bond acceptors (Lipinski definition) is 2. The maximum Gasteiger partial charge on any atom is 0.0746 e. The first-order chi connectivity index (χ1) is 8.61. The summed E-state index contributed by atoms with van der Waals surface area (Å²) < 4.78 is 0.918. The lowest BCUT2D eigenvalue weighted by molar-refractivity contribution is 0.431. The van der Waals surface area contributed by atoms with Gasteiger partial charge in [0.2, 0.25) is 0 Å². The average molecular weight is 352 g/mol. The van der Waals surface area contributed by atoms with Gasteiger partial charge in [0, 0.05) is 23.6 Å². The lowest BCUT2D eigenvalue weighted by atomic mass is 10.0. The third-order valence-corrected chi connectivity index (χ3v) is 4.25. The number of likely N-dealkylation sites (N-methyl/N-ethyl adjacent to an activating group) is 1. The molecule has 0 bridgehead atoms. The lowest BCUT2D eigenvalue weighted by Gasteiger charge is -2.35. The van der Waals surface area contributed by atoms with Crippen molar-refractivity contribution in [2.24, 2.45) is 0 Å². The first-order valence-electron chi connectivity index (χ1n) is 6.24. The maximum atomic E-state index is 6.32. The molecule has 0 radical (unpaired) electrons. The molecule has 1 aromatic rings. The molecule has 100 valence electrons. The Kier molecular flexibility index (Phi) is 5.19. The largest absolute Gasteiger partial charge is 0.368 e. The maximum absolute atomic E-state index is 6.32. The second kappa shape index (κ2) is 6.47. The molecule has 1 atom stereocenters. The van der Waals surface area contributed by atoms with Crippen LogP contribution in [0.5, 0.6) is 0 Å². The third-order valence-electron chi connectivity index (χ3n) is 3.21. The van der Waals surface area contributed by atoms with Crippen molar-refractivity contribution in [3.63, 3.8) is 0 Å². The summed E-state index contributed by atoms with van der Waals surface area (Å²) in [5.41, 5.74) is 0.962. The Bertz CT molecular complexity index is 400. The van der Waals surface area contributed by atoms with Gasteiger partial charge in [-0.1, -0.05) is 46.1 Å². The summed E-state index contributed by atoms with van der Waals surface area (Å²) in [4.78, 5) is 2.29. The Hall–Kier alpha value is 0.0400. The van der Waals surface area contributed by atoms with Crippen molar-refractivity contribution in [1.29, 1.82) is 0 Å². The van der Waals surface area contributed by atoms with Crippen molar-refractivity contribution < 1.29 is 0 Å². The molecule has 0 aliphatic carbocycles. The van der Waals surface area contributed by atoms with Gasteiger partial charge in [-0.3, -0.25) is 0 Å². The Morgan fingerprint density at radius 2 is 2.06 bits per heavy atom. The zero-order chi connectivity index (χ0) is 13.1. The number of halogens is 3. The van der Waals surface area contributed by atoms with E-state index in [0.717, 1.165) is 29.8 Å². The second-order valence-electron chi connectivity index (χ2n) is 4.56. The fraction of sp³-hybridized carbons (Fsp3) is 0.538. The van der Waals surface area contributed by atoms with E-state index in [4.69, 9.17) is 23.2 Å². The molecule has 0 spiro atoms. The van der Waals surface area contributed by atoms with Gasteiger partial charge in [0.05, 0.1) is 15.7 Å². The number of rotatable bonds is 3. The predicted octanol–water partition coefficient (Wildman–Crippen LogP) is 4.33. The van der Waals surface area contributed by atoms with E-state index < -0.39 is 0 Å². The van der Waals surface area contributed by atoms with Crippen LogP contribution in [0.25, 0.3) is 0 Å². The van der Waals surface area contributed by atoms with Crippen LogP contribution in [0, 0.1) is 0 Å². The van der Waals surface area contributed by atoms with Gasteiger partial charge in [-0.2, -0.15) is 0 Å². The minimum absolute atomic E-state index is 0.527. The van der Waals surface area contributed by atoms with E-state index in [9.17, 15) is 0 Å². The normalized spacial score (nSPS) is 20.2. The average Bonchev–Trinajstić information content (AvgIpc) is 2.28. The molecule has 2 nitrogen and oxygen atoms in total. The molecule has 1 N–H and O–H groups in total. The number of nitrogens with one attached hydrogen (secondary N) is 1. The highest BCUT2D eigenvalue weighted by atomic mass is 79.9. The zero-order valence-electron chi connectivity index (χ0n) is 10.3. The summed E-state index contributed by atoms with van der Waals surface area (Å²) in [6.07, 6.45) is 2.39. The lowest BCUT2D eigenvalue weighted by Crippen LogP contribution is -2.45. The minimum atomic E-state index is 0.527. The number of benzene rings is 1. The van der Waals surface area contributed by atoms with Gasteiger partial charge < -0.3 is 10.2 Å². The summed E-state index contributed by atoms with van der Waals surface area (Å²) in [5.74, 6) is 0. The molecule has 0 saturated carbocycles. The molecule has 18 heavy (non-hydrogen) atoms. The van der Waals surface area contributed by atoms with Crippen LogP contribution in [0.4, 0.5) is 5.69 Å². The van der Waals surface area contributed by atoms with E-state index in [1.54, 1.807) is 0 Å². The van der Waals surface area contributed by atoms with Crippen LogP contribution in [0.2, 0.25) is 10.0 Å². The molecule has 0 aromatic heterocycles. The quantitative estimate of drug-likeness (QED) is 0.871. The summed E-state index contributed by atoms with van der Waals surface area (Å²) in [5, 5.41) is 4.93. The van der Waals surface area contributed by atoms with E-state index in [1.807, 2.05) is 12.1 Å². The number of nitrogens with zero attached hydrogens (tertiary/aromatic N) is 1. The summed E-state index contributed by atoms with van der Waals surface area (Å²) in [6.45, 7) is 5.12. The van der Waals surface area contributed by atoms with Gasteiger partial charge in [-0.05, 0) is 31.5 Å². The highest BCUT2D eigenvalue weighted by Gasteiger charge is 2.22. The van der Waals surface area contributed by atoms with Crippen LogP contribution in [0.3, 0.4) is 0 Å². The van der Waals surface area contributed by atoms with Crippen LogP contribution in [0.1, 0.15) is 19.8 Å². The van der Waals surface area contributed by atoms with Gasteiger partial charge in [0.15, 0.2) is 0 Å². The number of anilines is 1. The third kappa shape index (κ3) is 3.32. The van der Waals surface area contributed by atoms with E-state index in [0.29, 0.717) is 16.1 Å². The highest BCUT2D eigenvalue weighted by Crippen LogP contribution is 2.37. The monoisotopic (exact) mass is 350 g/mol. The van der Waals surface area contributed by atoms with Crippen LogP contribution < -0.4 is 10.2 Å². The smallest absolute Gasteiger partial charge is 0.0746 e. The molecule has 1 aromatic carbocycles. The van der Waals surface area contributed by atoms with Gasteiger partial charge in [-0.25, -0.2) is 0 Å². The first-order valence-corrected chi connectivity index (χ1v) is 7.79. The second-order valence-corrected chi connectivity index (χ2v) is 6.29. The molecular formula is C13H17BrCl2N2. The SMILES string of the molecule is CCNC1CCCN(c2c(Cl)cc(Br)cc2Cl)C1. The van der Waals surface area contributed by atoms with Crippen LogP contribution in [0.15, 0.2) is 16.6 Å². The fourth-order valence-electron chi connectivity index (χ4n) is 2.47. The molecule has 2 rings (SSSR count). The molecule has 1 aliphatic rings. The Balaban J connectivity index is 2.20. The van der Waals surface area contributed by atoms with Crippen molar-refractivity contribution in [3.8, 4) is 0 Å². The van der Waals surface area contributed by atoms with E-state index in [1.165, 1.54) is 12.8 Å². The molecule has 1 heterocycles. The molecule has 1 fully saturated rings. The Labute approximate surface area is 127 Å². The van der Waals surface area contributed by atoms with Crippen molar-refractivity contribution >= 4 is 44.8 Å². The van der Waals surface area contributed by atoms with Gasteiger partial charge in [0.1, 0.15) is 0 Å². The van der Waals surface area contributed by atoms with Crippen molar-refractivity contribution in [1.82, 2.24) is 5.32 Å². The van der Waals surface area contributed by atoms with Gasteiger partial charge in [-0.15, -0.1) is 0 Å². The van der Waals surface area contributed by atoms with E-state index in [2.05, 4.69) is 33.1 Å². The molecule has 0 amide bonds. The summed E-state index contributed by atoms with van der Waals surface area (Å²) in [7, 11) is 0. The van der Waals surface area contributed by atoms with Gasteiger partial charge >= 0.3 is 0 Å². The van der Waals surface area contributed by atoms with Crippen molar-refractivity contribution in [3.05, 3.63) is 26.7 Å².